The number of rotatable bonds is 6. The number of hydrogen-bond acceptors (Lipinski definition) is 3. The number of carbonyl (C=O) groups excluding carboxylic acids is 2. The van der Waals surface area contributed by atoms with E-state index < -0.39 is 5.91 Å². The zero-order chi connectivity index (χ0) is 23.3. The first kappa shape index (κ1) is 23.1. The van der Waals surface area contributed by atoms with Crippen LogP contribution in [0.2, 0.25) is 0 Å². The molecule has 0 spiro atoms. The van der Waals surface area contributed by atoms with Gasteiger partial charge in [-0.15, -0.1) is 0 Å². The lowest BCUT2D eigenvalue weighted by atomic mass is 9.86. The molecule has 0 radical (unpaired) electrons. The monoisotopic (exact) mass is 430 g/mol. The maximum atomic E-state index is 13.1. The third kappa shape index (κ3) is 5.76. The van der Waals surface area contributed by atoms with E-state index in [9.17, 15) is 9.59 Å². The lowest BCUT2D eigenvalue weighted by Gasteiger charge is -2.21. The van der Waals surface area contributed by atoms with Crippen molar-refractivity contribution in [2.45, 2.75) is 46.1 Å². The first-order valence-electron chi connectivity index (χ1n) is 10.7. The second-order valence-electron chi connectivity index (χ2n) is 8.91. The van der Waals surface area contributed by atoms with Gasteiger partial charge in [-0.1, -0.05) is 63.2 Å². The quantitative estimate of drug-likeness (QED) is 0.505. The summed E-state index contributed by atoms with van der Waals surface area (Å²) < 4.78 is 5.35. The van der Waals surface area contributed by atoms with Gasteiger partial charge in [-0.25, -0.2) is 0 Å². The Morgan fingerprint density at radius 2 is 1.66 bits per heavy atom. The molecule has 0 unspecified atom stereocenters. The first-order valence-corrected chi connectivity index (χ1v) is 10.7. The molecule has 2 N–H and O–H groups in total. The summed E-state index contributed by atoms with van der Waals surface area (Å²) in [7, 11) is 0. The normalized spacial score (nSPS) is 12.8. The van der Waals surface area contributed by atoms with E-state index in [0.717, 1.165) is 11.1 Å². The van der Waals surface area contributed by atoms with Crippen LogP contribution in [0.25, 0.3) is 6.08 Å². The van der Waals surface area contributed by atoms with Crippen LogP contribution >= 0.6 is 0 Å². The molecule has 32 heavy (non-hydrogen) atoms. The van der Waals surface area contributed by atoms with Crippen molar-refractivity contribution in [2.75, 3.05) is 0 Å². The van der Waals surface area contributed by atoms with Gasteiger partial charge >= 0.3 is 0 Å². The predicted molar refractivity (Wildman–Crippen MR) is 127 cm³/mol. The Balaban J connectivity index is 1.80. The summed E-state index contributed by atoms with van der Waals surface area (Å²) in [6.07, 6.45) is 3.05. The van der Waals surface area contributed by atoms with Crippen molar-refractivity contribution in [3.05, 3.63) is 101 Å². The second kappa shape index (κ2) is 9.69. The summed E-state index contributed by atoms with van der Waals surface area (Å²) in [4.78, 5) is 25.9. The Morgan fingerprint density at radius 1 is 0.969 bits per heavy atom. The molecule has 2 amide bonds. The molecule has 0 saturated carbocycles. The van der Waals surface area contributed by atoms with Gasteiger partial charge in [0.25, 0.3) is 11.8 Å². The Kier molecular flexibility index (Phi) is 6.98. The molecule has 0 saturated heterocycles. The van der Waals surface area contributed by atoms with Crippen LogP contribution in [0.5, 0.6) is 0 Å². The fraction of sp³-hybridized carbons (Fsp3) is 0.259. The summed E-state index contributed by atoms with van der Waals surface area (Å²) in [6, 6.07) is 18.7. The summed E-state index contributed by atoms with van der Waals surface area (Å²) in [6.45, 7) is 10.3. The van der Waals surface area contributed by atoms with Crippen LogP contribution in [-0.4, -0.2) is 11.8 Å². The third-order valence-corrected chi connectivity index (χ3v) is 5.34. The lowest BCUT2D eigenvalue weighted by Crippen LogP contribution is -2.36. The van der Waals surface area contributed by atoms with Crippen LogP contribution < -0.4 is 10.6 Å². The minimum Gasteiger partial charge on any atom is -0.465 e. The largest absolute Gasteiger partial charge is 0.465 e. The van der Waals surface area contributed by atoms with Gasteiger partial charge in [-0.2, -0.15) is 0 Å². The van der Waals surface area contributed by atoms with Crippen molar-refractivity contribution >= 4 is 17.9 Å². The molecule has 0 aliphatic carbocycles. The smallest absolute Gasteiger partial charge is 0.268 e. The fourth-order valence-electron chi connectivity index (χ4n) is 3.32. The third-order valence-electron chi connectivity index (χ3n) is 5.34. The molecular weight excluding hydrogens is 400 g/mol. The first-order chi connectivity index (χ1) is 15.1. The van der Waals surface area contributed by atoms with Gasteiger partial charge in [0.05, 0.1) is 12.3 Å². The predicted octanol–water partition coefficient (Wildman–Crippen LogP) is 5.53. The Labute approximate surface area is 189 Å². The molecule has 2 aromatic carbocycles. The van der Waals surface area contributed by atoms with E-state index in [1.54, 1.807) is 24.3 Å². The summed E-state index contributed by atoms with van der Waals surface area (Å²) in [5.41, 5.74) is 3.72. The van der Waals surface area contributed by atoms with Gasteiger partial charge in [-0.3, -0.25) is 9.59 Å². The Bertz CT molecular complexity index is 1100. The maximum absolute atomic E-state index is 13.1. The molecule has 166 valence electrons. The van der Waals surface area contributed by atoms with Gasteiger partial charge in [-0.05, 0) is 54.2 Å². The van der Waals surface area contributed by atoms with E-state index in [0.29, 0.717) is 11.3 Å². The Morgan fingerprint density at radius 3 is 2.25 bits per heavy atom. The molecule has 1 aromatic heterocycles. The van der Waals surface area contributed by atoms with Crippen LogP contribution in [-0.2, 0) is 10.2 Å². The van der Waals surface area contributed by atoms with Crippen molar-refractivity contribution in [1.29, 1.82) is 0 Å². The van der Waals surface area contributed by atoms with E-state index in [2.05, 4.69) is 43.5 Å². The molecule has 3 aromatic rings. The molecular formula is C27H30N2O3. The molecule has 1 heterocycles. The van der Waals surface area contributed by atoms with Crippen LogP contribution in [0.3, 0.4) is 0 Å². The standard InChI is InChI=1S/C27H30N2O3/c1-18-9-6-7-11-23(18)25(30)29-24(17-22-10-8-16-32-22)26(31)28-19(2)20-12-14-21(15-13-20)27(3,4)5/h6-17,19H,1-5H3,(H,28,31)(H,29,30)/b24-17-/t19-/m0/s1. The topological polar surface area (TPSA) is 71.3 Å². The van der Waals surface area contributed by atoms with E-state index in [4.69, 9.17) is 4.42 Å². The van der Waals surface area contributed by atoms with E-state index in [-0.39, 0.29) is 23.1 Å². The Hall–Kier alpha value is -3.60. The lowest BCUT2D eigenvalue weighted by molar-refractivity contribution is -0.118. The second-order valence-corrected chi connectivity index (χ2v) is 8.91. The zero-order valence-electron chi connectivity index (χ0n) is 19.2. The van der Waals surface area contributed by atoms with Crippen molar-refractivity contribution in [3.8, 4) is 0 Å². The van der Waals surface area contributed by atoms with Crippen molar-refractivity contribution in [3.63, 3.8) is 0 Å². The van der Waals surface area contributed by atoms with E-state index in [1.807, 2.05) is 38.1 Å². The van der Waals surface area contributed by atoms with Gasteiger partial charge in [0.1, 0.15) is 11.5 Å². The molecule has 0 aliphatic heterocycles. The number of aryl methyl sites for hydroxylation is 1. The van der Waals surface area contributed by atoms with Crippen LogP contribution in [0.1, 0.15) is 66.5 Å². The number of nitrogens with one attached hydrogen (secondary N) is 2. The minimum atomic E-state index is -0.393. The highest BCUT2D eigenvalue weighted by atomic mass is 16.3. The van der Waals surface area contributed by atoms with Crippen LogP contribution in [0.4, 0.5) is 0 Å². The number of furan rings is 1. The number of carbonyl (C=O) groups is 2. The highest BCUT2D eigenvalue weighted by molar-refractivity contribution is 6.05. The SMILES string of the molecule is Cc1ccccc1C(=O)N/C(=C\c1ccco1)C(=O)N[C@@H](C)c1ccc(C(C)(C)C)cc1. The number of benzene rings is 2. The average molecular weight is 431 g/mol. The fourth-order valence-corrected chi connectivity index (χ4v) is 3.32. The van der Waals surface area contributed by atoms with E-state index >= 15 is 0 Å². The van der Waals surface area contributed by atoms with Crippen molar-refractivity contribution in [1.82, 2.24) is 10.6 Å². The van der Waals surface area contributed by atoms with Gasteiger partial charge in [0.15, 0.2) is 0 Å². The summed E-state index contributed by atoms with van der Waals surface area (Å²) >= 11 is 0. The molecule has 1 atom stereocenters. The zero-order valence-corrected chi connectivity index (χ0v) is 19.2. The molecule has 5 heteroatoms. The van der Waals surface area contributed by atoms with E-state index in [1.165, 1.54) is 17.9 Å². The average Bonchev–Trinajstić information content (AvgIpc) is 3.26. The van der Waals surface area contributed by atoms with Crippen molar-refractivity contribution in [2.24, 2.45) is 0 Å². The van der Waals surface area contributed by atoms with Crippen molar-refractivity contribution < 1.29 is 14.0 Å². The van der Waals surface area contributed by atoms with Crippen LogP contribution in [0.15, 0.2) is 77.0 Å². The molecule has 3 rings (SSSR count). The van der Waals surface area contributed by atoms with Gasteiger partial charge < -0.3 is 15.1 Å². The van der Waals surface area contributed by atoms with Gasteiger partial charge in [0.2, 0.25) is 0 Å². The molecule has 5 nitrogen and oxygen atoms in total. The minimum absolute atomic E-state index is 0.0593. The summed E-state index contributed by atoms with van der Waals surface area (Å²) in [5, 5.41) is 5.72. The molecule has 0 aliphatic rings. The highest BCUT2D eigenvalue weighted by Crippen LogP contribution is 2.24. The number of hydrogen-bond donors (Lipinski definition) is 2. The summed E-state index contributed by atoms with van der Waals surface area (Å²) in [5.74, 6) is -0.267. The maximum Gasteiger partial charge on any atom is 0.268 e. The number of amides is 2. The highest BCUT2D eigenvalue weighted by Gasteiger charge is 2.19. The molecule has 0 bridgehead atoms. The molecule has 0 fully saturated rings. The van der Waals surface area contributed by atoms with Gasteiger partial charge in [0, 0.05) is 11.6 Å². The van der Waals surface area contributed by atoms with Crippen LogP contribution in [0, 0.1) is 6.92 Å².